The minimum Gasteiger partial charge on any atom is -0.392 e. The molecule has 0 radical (unpaired) electrons. The summed E-state index contributed by atoms with van der Waals surface area (Å²) in [6, 6.07) is 11.2. The Morgan fingerprint density at radius 3 is 2.37 bits per heavy atom. The number of aliphatic hydroxyl groups excluding tert-OH is 1. The first kappa shape index (κ1) is 21.9. The van der Waals surface area contributed by atoms with Crippen LogP contribution in [0.5, 0.6) is 0 Å². The number of carbonyl (C=O) groups is 1. The fraction of sp³-hybridized carbons (Fsp3) is 0.350. The maximum absolute atomic E-state index is 12.1. The lowest BCUT2D eigenvalue weighted by atomic mass is 9.96. The smallest absolute Gasteiger partial charge is 0.264 e. The lowest BCUT2D eigenvalue weighted by Gasteiger charge is -2.26. The first-order chi connectivity index (χ1) is 14.2. The molecule has 0 fully saturated rings. The molecule has 0 spiro atoms. The first-order valence-corrected chi connectivity index (χ1v) is 11.1. The van der Waals surface area contributed by atoms with Crippen LogP contribution in [0, 0.1) is 0 Å². The highest BCUT2D eigenvalue weighted by molar-refractivity contribution is 7.92. The maximum atomic E-state index is 12.1. The van der Waals surface area contributed by atoms with Gasteiger partial charge in [-0.05, 0) is 24.1 Å². The van der Waals surface area contributed by atoms with Gasteiger partial charge in [0.2, 0.25) is 0 Å². The van der Waals surface area contributed by atoms with Crippen molar-refractivity contribution >= 4 is 21.5 Å². The van der Waals surface area contributed by atoms with E-state index in [0.29, 0.717) is 17.8 Å². The van der Waals surface area contributed by atoms with Crippen molar-refractivity contribution < 1.29 is 28.4 Å². The zero-order valence-electron chi connectivity index (χ0n) is 16.6. The van der Waals surface area contributed by atoms with E-state index in [1.165, 1.54) is 12.4 Å². The van der Waals surface area contributed by atoms with E-state index in [4.69, 9.17) is 15.2 Å². The molecule has 9 nitrogen and oxygen atoms in total. The van der Waals surface area contributed by atoms with E-state index in [2.05, 4.69) is 10.1 Å². The predicted octanol–water partition coefficient (Wildman–Crippen LogP) is 1.43. The summed E-state index contributed by atoms with van der Waals surface area (Å²) in [4.78, 5) is 21.5. The number of hydrogen-bond acceptors (Lipinski definition) is 8. The number of amides is 1. The van der Waals surface area contributed by atoms with Crippen LogP contribution in [-0.2, 0) is 26.1 Å². The normalized spacial score (nSPS) is 18.3. The van der Waals surface area contributed by atoms with Gasteiger partial charge in [-0.15, -0.1) is 0 Å². The van der Waals surface area contributed by atoms with Gasteiger partial charge in [0.05, 0.1) is 18.0 Å². The third-order valence-corrected chi connectivity index (χ3v) is 7.28. The highest BCUT2D eigenvalue weighted by Gasteiger charge is 2.47. The molecule has 1 amide bonds. The average molecular weight is 433 g/mol. The van der Waals surface area contributed by atoms with Crippen LogP contribution in [0.1, 0.15) is 31.0 Å². The minimum atomic E-state index is -3.81. The molecule has 2 aromatic rings. The van der Waals surface area contributed by atoms with Gasteiger partial charge >= 0.3 is 0 Å². The largest absolute Gasteiger partial charge is 0.392 e. The number of nitrogens with one attached hydrogen (secondary N) is 1. The van der Waals surface area contributed by atoms with Crippen molar-refractivity contribution in [2.75, 3.05) is 6.26 Å². The minimum absolute atomic E-state index is 0.113. The van der Waals surface area contributed by atoms with Crippen molar-refractivity contribution in [2.45, 2.75) is 37.2 Å². The molecular weight excluding hydrogens is 410 g/mol. The molecule has 0 saturated carbocycles. The Bertz CT molecular complexity index is 1050. The van der Waals surface area contributed by atoms with Crippen molar-refractivity contribution in [1.82, 2.24) is 10.5 Å². The zero-order valence-corrected chi connectivity index (χ0v) is 17.4. The third-order valence-electron chi connectivity index (χ3n) is 5.29. The molecule has 2 atom stereocenters. The molecule has 1 aromatic carbocycles. The number of carbonyl (C=O) groups excluding carboxylic acids is 1. The summed E-state index contributed by atoms with van der Waals surface area (Å²) in [5.41, 5.74) is 5.32. The topological polar surface area (TPSA) is 138 Å². The molecule has 0 aliphatic carbocycles. The van der Waals surface area contributed by atoms with Crippen LogP contribution in [0.15, 0.2) is 47.8 Å². The van der Waals surface area contributed by atoms with Gasteiger partial charge in [-0.25, -0.2) is 13.9 Å². The van der Waals surface area contributed by atoms with E-state index < -0.39 is 26.6 Å². The Kier molecular flexibility index (Phi) is 6.20. The Morgan fingerprint density at radius 1 is 1.20 bits per heavy atom. The van der Waals surface area contributed by atoms with Gasteiger partial charge in [0, 0.05) is 30.9 Å². The second-order valence-electron chi connectivity index (χ2n) is 7.39. The molecule has 1 aliphatic rings. The molecule has 1 aliphatic heterocycles. The summed E-state index contributed by atoms with van der Waals surface area (Å²) < 4.78 is 22.4. The molecule has 160 valence electrons. The van der Waals surface area contributed by atoms with E-state index >= 15 is 0 Å². The Balaban J connectivity index is 1.71. The summed E-state index contributed by atoms with van der Waals surface area (Å²) >= 11 is 0. The van der Waals surface area contributed by atoms with E-state index in [1.807, 2.05) is 30.3 Å². The molecule has 0 bridgehead atoms. The second kappa shape index (κ2) is 8.50. The average Bonchev–Trinajstić information content (AvgIpc) is 3.20. The van der Waals surface area contributed by atoms with Crippen LogP contribution < -0.4 is 5.48 Å². The van der Waals surface area contributed by atoms with Gasteiger partial charge in [-0.1, -0.05) is 35.5 Å². The highest BCUT2D eigenvalue weighted by Crippen LogP contribution is 2.30. The number of sulfone groups is 1. The number of hydrogen-bond donors (Lipinski definition) is 3. The SMILES string of the molecule is CC(C[C@H]1CC(c2ccc(-c3ccc(CO)nc3)cc2)=NO1)(C(=O)NO)S(C)(=O)=O. The summed E-state index contributed by atoms with van der Waals surface area (Å²) in [5, 5.41) is 22.1. The van der Waals surface area contributed by atoms with Crippen LogP contribution in [0.4, 0.5) is 0 Å². The van der Waals surface area contributed by atoms with Crippen molar-refractivity contribution in [3.05, 3.63) is 53.9 Å². The van der Waals surface area contributed by atoms with E-state index in [1.54, 1.807) is 12.3 Å². The number of hydroxylamine groups is 1. The molecule has 1 aromatic heterocycles. The lowest BCUT2D eigenvalue weighted by Crippen LogP contribution is -2.51. The van der Waals surface area contributed by atoms with Gasteiger partial charge in [-0.3, -0.25) is 15.0 Å². The number of aromatic nitrogens is 1. The number of nitrogens with zero attached hydrogens (tertiary/aromatic N) is 2. The maximum Gasteiger partial charge on any atom is 0.264 e. The quantitative estimate of drug-likeness (QED) is 0.443. The van der Waals surface area contributed by atoms with Gasteiger partial charge in [0.1, 0.15) is 6.10 Å². The Labute approximate surface area is 174 Å². The number of benzene rings is 1. The molecule has 30 heavy (non-hydrogen) atoms. The van der Waals surface area contributed by atoms with Gasteiger partial charge in [0.15, 0.2) is 14.6 Å². The third kappa shape index (κ3) is 4.35. The fourth-order valence-electron chi connectivity index (χ4n) is 3.22. The molecule has 3 N–H and O–H groups in total. The predicted molar refractivity (Wildman–Crippen MR) is 109 cm³/mol. The van der Waals surface area contributed by atoms with E-state index in [9.17, 15) is 13.2 Å². The van der Waals surface area contributed by atoms with Crippen LogP contribution in [-0.4, -0.2) is 52.4 Å². The van der Waals surface area contributed by atoms with Crippen LogP contribution in [0.2, 0.25) is 0 Å². The Morgan fingerprint density at radius 2 is 1.83 bits per heavy atom. The highest BCUT2D eigenvalue weighted by atomic mass is 32.2. The van der Waals surface area contributed by atoms with Crippen molar-refractivity contribution in [2.24, 2.45) is 5.16 Å². The molecular formula is C20H23N3O6S. The van der Waals surface area contributed by atoms with Gasteiger partial charge < -0.3 is 9.94 Å². The van der Waals surface area contributed by atoms with Gasteiger partial charge in [-0.2, -0.15) is 0 Å². The second-order valence-corrected chi connectivity index (χ2v) is 9.84. The van der Waals surface area contributed by atoms with Crippen molar-refractivity contribution in [3.8, 4) is 11.1 Å². The number of oxime groups is 1. The fourth-order valence-corrected chi connectivity index (χ4v) is 4.09. The summed E-state index contributed by atoms with van der Waals surface area (Å²) in [7, 11) is -3.81. The van der Waals surface area contributed by atoms with Crippen LogP contribution >= 0.6 is 0 Å². The van der Waals surface area contributed by atoms with Crippen molar-refractivity contribution in [3.63, 3.8) is 0 Å². The number of pyridine rings is 1. The standard InChI is InChI=1S/C20H23N3O6S/c1-20(19(25)22-26,30(2,27)28)10-17-9-18(23-29-17)14-5-3-13(4-6-14)15-7-8-16(12-24)21-11-15/h3-8,11,17,24,26H,9-10,12H2,1-2H3,(H,22,25)/t17-,20?/m1/s1. The number of aliphatic hydroxyl groups is 1. The zero-order chi connectivity index (χ0) is 21.9. The lowest BCUT2D eigenvalue weighted by molar-refractivity contribution is -0.132. The summed E-state index contributed by atoms with van der Waals surface area (Å²) in [6.45, 7) is 1.14. The number of rotatable bonds is 7. The summed E-state index contributed by atoms with van der Waals surface area (Å²) in [6.07, 6.45) is 2.19. The first-order valence-electron chi connectivity index (χ1n) is 9.21. The monoisotopic (exact) mass is 433 g/mol. The van der Waals surface area contributed by atoms with Crippen molar-refractivity contribution in [1.29, 1.82) is 0 Å². The van der Waals surface area contributed by atoms with Crippen LogP contribution in [0.25, 0.3) is 11.1 Å². The molecule has 10 heteroatoms. The van der Waals surface area contributed by atoms with Crippen LogP contribution in [0.3, 0.4) is 0 Å². The van der Waals surface area contributed by atoms with E-state index in [-0.39, 0.29) is 13.0 Å². The van der Waals surface area contributed by atoms with E-state index in [0.717, 1.165) is 22.9 Å². The Hall–Kier alpha value is -2.82. The summed E-state index contributed by atoms with van der Waals surface area (Å²) in [5.74, 6) is -1.01. The molecule has 0 saturated heterocycles. The molecule has 2 heterocycles. The molecule has 1 unspecified atom stereocenters. The molecule has 3 rings (SSSR count). The van der Waals surface area contributed by atoms with Gasteiger partial charge in [0.25, 0.3) is 5.91 Å².